The van der Waals surface area contributed by atoms with Gasteiger partial charge in [-0.25, -0.2) is 0 Å². The van der Waals surface area contributed by atoms with Crippen molar-refractivity contribution in [1.82, 2.24) is 6.15 Å². The fourth-order valence-corrected chi connectivity index (χ4v) is 1.34. The molecule has 1 rings (SSSR count). The molecule has 0 saturated heterocycles. The molecule has 0 aliphatic heterocycles. The number of hydrogen-bond acceptors (Lipinski definition) is 2. The van der Waals surface area contributed by atoms with Crippen molar-refractivity contribution in [1.29, 1.82) is 0 Å². The fourth-order valence-electron chi connectivity index (χ4n) is 1.34. The Balaban J connectivity index is 0.00000144. The monoisotopic (exact) mass is 180 g/mol. The zero-order chi connectivity index (χ0) is 8.97. The van der Waals surface area contributed by atoms with Crippen molar-refractivity contribution in [3.63, 3.8) is 0 Å². The average Bonchev–Trinajstić information content (AvgIpc) is 2.05. The topological polar surface area (TPSA) is 38.2 Å². The first-order valence-electron chi connectivity index (χ1n) is 4.46. The highest BCUT2D eigenvalue weighted by molar-refractivity contribution is 5.44. The van der Waals surface area contributed by atoms with E-state index in [4.69, 9.17) is 0 Å². The lowest BCUT2D eigenvalue weighted by Crippen LogP contribution is -2.22. The van der Waals surface area contributed by atoms with Crippen molar-refractivity contribution in [2.75, 3.05) is 18.5 Å². The van der Waals surface area contributed by atoms with Gasteiger partial charge in [-0.05, 0) is 18.1 Å². The molecule has 0 amide bonds. The standard InChI is InChI=1S/C11H17N.H3N/c1-10(2)9-12(3)11-7-5-4-6-8-11;/h4-8,10H,9H2,1-3H3;1H3. The Bertz CT molecular complexity index is 219. The molecule has 0 radical (unpaired) electrons. The van der Waals surface area contributed by atoms with Crippen molar-refractivity contribution >= 4 is 5.69 Å². The van der Waals surface area contributed by atoms with Gasteiger partial charge in [-0.1, -0.05) is 32.0 Å². The maximum atomic E-state index is 2.28. The number of rotatable bonds is 3. The third-order valence-corrected chi connectivity index (χ3v) is 1.84. The van der Waals surface area contributed by atoms with E-state index in [1.165, 1.54) is 5.69 Å². The highest BCUT2D eigenvalue weighted by Crippen LogP contribution is 2.12. The van der Waals surface area contributed by atoms with Crippen LogP contribution in [0.5, 0.6) is 0 Å². The third-order valence-electron chi connectivity index (χ3n) is 1.84. The van der Waals surface area contributed by atoms with Crippen LogP contribution in [0.4, 0.5) is 5.69 Å². The Kier molecular flexibility index (Phi) is 5.16. The molecule has 3 N–H and O–H groups in total. The molecule has 0 aliphatic carbocycles. The van der Waals surface area contributed by atoms with Crippen LogP contribution in [-0.4, -0.2) is 13.6 Å². The highest BCUT2D eigenvalue weighted by atomic mass is 15.1. The zero-order valence-electron chi connectivity index (χ0n) is 8.83. The Hall–Kier alpha value is -1.02. The van der Waals surface area contributed by atoms with Crippen LogP contribution in [0.15, 0.2) is 30.3 Å². The number of benzene rings is 1. The van der Waals surface area contributed by atoms with E-state index in [1.807, 2.05) is 6.07 Å². The molecule has 0 heterocycles. The Morgan fingerprint density at radius 2 is 1.69 bits per heavy atom. The normalized spacial score (nSPS) is 9.54. The van der Waals surface area contributed by atoms with Gasteiger partial charge in [0.1, 0.15) is 0 Å². The minimum atomic E-state index is 0. The van der Waals surface area contributed by atoms with Gasteiger partial charge in [0, 0.05) is 19.3 Å². The smallest absolute Gasteiger partial charge is 0.0363 e. The maximum absolute atomic E-state index is 2.28. The molecule has 2 nitrogen and oxygen atoms in total. The number of hydrogen-bond donors (Lipinski definition) is 1. The molecular weight excluding hydrogens is 160 g/mol. The predicted octanol–water partition coefficient (Wildman–Crippen LogP) is 2.94. The molecule has 74 valence electrons. The van der Waals surface area contributed by atoms with Gasteiger partial charge in [0.05, 0.1) is 0 Å². The van der Waals surface area contributed by atoms with E-state index in [9.17, 15) is 0 Å². The molecule has 2 heteroatoms. The van der Waals surface area contributed by atoms with Gasteiger partial charge in [-0.2, -0.15) is 0 Å². The molecule has 13 heavy (non-hydrogen) atoms. The Morgan fingerprint density at radius 1 is 1.15 bits per heavy atom. The van der Waals surface area contributed by atoms with Gasteiger partial charge in [-0.3, -0.25) is 0 Å². The van der Waals surface area contributed by atoms with Crippen molar-refractivity contribution in [2.24, 2.45) is 5.92 Å². The second kappa shape index (κ2) is 5.60. The molecular formula is C11H20N2. The van der Waals surface area contributed by atoms with Crippen LogP contribution in [0.2, 0.25) is 0 Å². The summed E-state index contributed by atoms with van der Waals surface area (Å²) in [5.41, 5.74) is 1.30. The van der Waals surface area contributed by atoms with Gasteiger partial charge < -0.3 is 11.1 Å². The van der Waals surface area contributed by atoms with Crippen LogP contribution in [0.1, 0.15) is 13.8 Å². The summed E-state index contributed by atoms with van der Waals surface area (Å²) in [5.74, 6) is 0.718. The van der Waals surface area contributed by atoms with Gasteiger partial charge >= 0.3 is 0 Å². The van der Waals surface area contributed by atoms with Gasteiger partial charge in [0.15, 0.2) is 0 Å². The zero-order valence-corrected chi connectivity index (χ0v) is 8.83. The summed E-state index contributed by atoms with van der Waals surface area (Å²) in [6.07, 6.45) is 0. The van der Waals surface area contributed by atoms with E-state index in [1.54, 1.807) is 0 Å². The van der Waals surface area contributed by atoms with E-state index >= 15 is 0 Å². The van der Waals surface area contributed by atoms with Crippen molar-refractivity contribution in [3.8, 4) is 0 Å². The van der Waals surface area contributed by atoms with Crippen LogP contribution in [0, 0.1) is 5.92 Å². The lowest BCUT2D eigenvalue weighted by atomic mass is 10.2. The first kappa shape index (κ1) is 12.0. The lowest BCUT2D eigenvalue weighted by Gasteiger charge is -2.21. The molecule has 0 spiro atoms. The average molecular weight is 180 g/mol. The van der Waals surface area contributed by atoms with Crippen LogP contribution in [0.25, 0.3) is 0 Å². The molecule has 0 atom stereocenters. The molecule has 0 aromatic heterocycles. The van der Waals surface area contributed by atoms with Crippen LogP contribution < -0.4 is 11.1 Å². The molecule has 0 saturated carbocycles. The Morgan fingerprint density at radius 3 is 2.15 bits per heavy atom. The van der Waals surface area contributed by atoms with Crippen LogP contribution in [-0.2, 0) is 0 Å². The minimum Gasteiger partial charge on any atom is -0.374 e. The lowest BCUT2D eigenvalue weighted by molar-refractivity contribution is 0.638. The quantitative estimate of drug-likeness (QED) is 0.776. The molecule has 1 aromatic carbocycles. The van der Waals surface area contributed by atoms with E-state index < -0.39 is 0 Å². The van der Waals surface area contributed by atoms with Gasteiger partial charge in [-0.15, -0.1) is 0 Å². The molecule has 0 fully saturated rings. The molecule has 1 aromatic rings. The molecule has 0 unspecified atom stereocenters. The summed E-state index contributed by atoms with van der Waals surface area (Å²) < 4.78 is 0. The van der Waals surface area contributed by atoms with Crippen LogP contribution >= 0.6 is 0 Å². The fraction of sp³-hybridized carbons (Fsp3) is 0.455. The Labute approximate surface area is 81.2 Å². The van der Waals surface area contributed by atoms with Crippen molar-refractivity contribution < 1.29 is 0 Å². The van der Waals surface area contributed by atoms with Crippen molar-refractivity contribution in [2.45, 2.75) is 13.8 Å². The maximum Gasteiger partial charge on any atom is 0.0363 e. The van der Waals surface area contributed by atoms with E-state index in [0.717, 1.165) is 12.5 Å². The number of nitrogens with zero attached hydrogens (tertiary/aromatic N) is 1. The third kappa shape index (κ3) is 3.95. The summed E-state index contributed by atoms with van der Waals surface area (Å²) in [5, 5.41) is 0. The largest absolute Gasteiger partial charge is 0.374 e. The summed E-state index contributed by atoms with van der Waals surface area (Å²) in [4.78, 5) is 2.28. The summed E-state index contributed by atoms with van der Waals surface area (Å²) in [7, 11) is 2.13. The first-order valence-corrected chi connectivity index (χ1v) is 4.46. The highest BCUT2D eigenvalue weighted by Gasteiger charge is 2.00. The summed E-state index contributed by atoms with van der Waals surface area (Å²) in [6.45, 7) is 5.59. The minimum absolute atomic E-state index is 0. The second-order valence-corrected chi connectivity index (χ2v) is 3.61. The first-order chi connectivity index (χ1) is 5.70. The predicted molar refractivity (Wildman–Crippen MR) is 59.6 cm³/mol. The van der Waals surface area contributed by atoms with Gasteiger partial charge in [0.25, 0.3) is 0 Å². The van der Waals surface area contributed by atoms with Crippen LogP contribution in [0.3, 0.4) is 0 Å². The van der Waals surface area contributed by atoms with E-state index in [-0.39, 0.29) is 6.15 Å². The summed E-state index contributed by atoms with van der Waals surface area (Å²) in [6, 6.07) is 10.5. The van der Waals surface area contributed by atoms with E-state index in [0.29, 0.717) is 0 Å². The molecule has 0 bridgehead atoms. The van der Waals surface area contributed by atoms with Crippen molar-refractivity contribution in [3.05, 3.63) is 30.3 Å². The van der Waals surface area contributed by atoms with E-state index in [2.05, 4.69) is 50.1 Å². The van der Waals surface area contributed by atoms with Gasteiger partial charge in [0.2, 0.25) is 0 Å². The SMILES string of the molecule is CC(C)CN(C)c1ccccc1.N. The number of para-hydroxylation sites is 1. The molecule has 0 aliphatic rings. The second-order valence-electron chi connectivity index (χ2n) is 3.61. The number of anilines is 1. The summed E-state index contributed by atoms with van der Waals surface area (Å²) >= 11 is 0.